The van der Waals surface area contributed by atoms with Gasteiger partial charge in [0, 0.05) is 36.9 Å². The number of carboxylic acids is 1. The number of aliphatic imine (C=N–C) groups is 1. The van der Waals surface area contributed by atoms with Crippen LogP contribution in [0.3, 0.4) is 0 Å². The van der Waals surface area contributed by atoms with Crippen molar-refractivity contribution in [3.05, 3.63) is 27.9 Å². The summed E-state index contributed by atoms with van der Waals surface area (Å²) >= 11 is 1.41. The molecule has 1 aromatic heterocycles. The highest BCUT2D eigenvalue weighted by Crippen LogP contribution is 2.30. The molecule has 0 bridgehead atoms. The summed E-state index contributed by atoms with van der Waals surface area (Å²) in [5, 5.41) is 14.4. The fourth-order valence-electron chi connectivity index (χ4n) is 2.99. The van der Waals surface area contributed by atoms with Gasteiger partial charge in [-0.15, -0.1) is 11.3 Å². The lowest BCUT2D eigenvalue weighted by molar-refractivity contribution is -0.144. The standard InChI is InChI=1S/C16H19FN4O4S/c1-2-25-15(24)10-6-19-13(14-18-3-4-26-14)20-11(10)7-21-8-16(17,9-21)5-12(22)23/h3-4H,2,5-9H2,1H3,(H,19,20)(H,22,23). The molecule has 0 aromatic carbocycles. The molecule has 0 amide bonds. The van der Waals surface area contributed by atoms with E-state index in [9.17, 15) is 14.0 Å². The normalized spacial score (nSPS) is 19.4. The topological polar surface area (TPSA) is 104 Å². The number of likely N-dealkylation sites (tertiary alicyclic amines) is 1. The van der Waals surface area contributed by atoms with Crippen LogP contribution in [0.25, 0.3) is 0 Å². The first-order valence-corrected chi connectivity index (χ1v) is 9.02. The van der Waals surface area contributed by atoms with E-state index < -0.39 is 24.0 Å². The molecule has 2 N–H and O–H groups in total. The zero-order valence-corrected chi connectivity index (χ0v) is 15.0. The number of carbonyl (C=O) groups is 2. The fraction of sp³-hybridized carbons (Fsp3) is 0.500. The second-order valence-electron chi connectivity index (χ2n) is 6.17. The molecular formula is C16H19FN4O4S. The number of nitrogens with one attached hydrogen (secondary N) is 1. The van der Waals surface area contributed by atoms with Gasteiger partial charge in [0.1, 0.15) is 5.67 Å². The van der Waals surface area contributed by atoms with E-state index >= 15 is 0 Å². The van der Waals surface area contributed by atoms with Crippen LogP contribution >= 0.6 is 11.3 Å². The van der Waals surface area contributed by atoms with Gasteiger partial charge in [0.2, 0.25) is 0 Å². The van der Waals surface area contributed by atoms with Crippen molar-refractivity contribution in [1.29, 1.82) is 0 Å². The van der Waals surface area contributed by atoms with Gasteiger partial charge in [-0.2, -0.15) is 0 Å². The zero-order chi connectivity index (χ0) is 18.7. The Kier molecular flexibility index (Phi) is 5.33. The molecule has 2 aliphatic rings. The van der Waals surface area contributed by atoms with E-state index in [4.69, 9.17) is 9.84 Å². The molecule has 1 aromatic rings. The van der Waals surface area contributed by atoms with Gasteiger partial charge >= 0.3 is 11.9 Å². The number of esters is 1. The molecule has 140 valence electrons. The van der Waals surface area contributed by atoms with Crippen LogP contribution in [-0.4, -0.2) is 71.2 Å². The highest BCUT2D eigenvalue weighted by Gasteiger charge is 2.45. The van der Waals surface area contributed by atoms with Crippen molar-refractivity contribution in [3.63, 3.8) is 0 Å². The van der Waals surface area contributed by atoms with Gasteiger partial charge in [0.25, 0.3) is 0 Å². The summed E-state index contributed by atoms with van der Waals surface area (Å²) in [6, 6.07) is 0. The second-order valence-corrected chi connectivity index (χ2v) is 7.07. The average molecular weight is 382 g/mol. The molecule has 0 saturated carbocycles. The molecule has 0 radical (unpaired) electrons. The number of carboxylic acid groups (broad SMARTS) is 1. The number of nitrogens with zero attached hydrogens (tertiary/aromatic N) is 3. The lowest BCUT2D eigenvalue weighted by Gasteiger charge is -2.44. The molecule has 0 spiro atoms. The summed E-state index contributed by atoms with van der Waals surface area (Å²) in [6.45, 7) is 2.41. The molecule has 0 atom stereocenters. The third-order valence-corrected chi connectivity index (χ3v) is 4.83. The van der Waals surface area contributed by atoms with Gasteiger partial charge in [0.05, 0.1) is 25.1 Å². The maximum absolute atomic E-state index is 14.3. The molecule has 1 fully saturated rings. The van der Waals surface area contributed by atoms with Crippen LogP contribution in [0, 0.1) is 0 Å². The number of halogens is 1. The summed E-state index contributed by atoms with van der Waals surface area (Å²) in [4.78, 5) is 33.2. The smallest absolute Gasteiger partial charge is 0.337 e. The largest absolute Gasteiger partial charge is 0.481 e. The van der Waals surface area contributed by atoms with Crippen LogP contribution in [0.4, 0.5) is 4.39 Å². The number of aromatic nitrogens is 1. The van der Waals surface area contributed by atoms with Crippen LogP contribution < -0.4 is 5.32 Å². The van der Waals surface area contributed by atoms with Gasteiger partial charge in [-0.05, 0) is 6.92 Å². The molecule has 8 nitrogen and oxygen atoms in total. The Hall–Kier alpha value is -2.33. The van der Waals surface area contributed by atoms with Crippen molar-refractivity contribution in [1.82, 2.24) is 15.2 Å². The minimum absolute atomic E-state index is 0.00428. The van der Waals surface area contributed by atoms with Crippen molar-refractivity contribution < 1.29 is 23.8 Å². The Balaban J connectivity index is 1.71. The summed E-state index contributed by atoms with van der Waals surface area (Å²) in [6.07, 6.45) is 1.14. The molecule has 0 unspecified atom stereocenters. The van der Waals surface area contributed by atoms with E-state index in [1.165, 1.54) is 11.3 Å². The van der Waals surface area contributed by atoms with Crippen molar-refractivity contribution >= 4 is 29.1 Å². The number of hydrogen-bond acceptors (Lipinski definition) is 8. The Morgan fingerprint density at radius 1 is 1.50 bits per heavy atom. The lowest BCUT2D eigenvalue weighted by atomic mass is 9.92. The third kappa shape index (κ3) is 4.07. The molecule has 3 heterocycles. The van der Waals surface area contributed by atoms with E-state index in [1.54, 1.807) is 18.0 Å². The first kappa shape index (κ1) is 18.5. The van der Waals surface area contributed by atoms with Gasteiger partial charge < -0.3 is 15.2 Å². The Morgan fingerprint density at radius 2 is 2.27 bits per heavy atom. The van der Waals surface area contributed by atoms with Crippen LogP contribution in [0.15, 0.2) is 27.8 Å². The monoisotopic (exact) mass is 382 g/mol. The minimum Gasteiger partial charge on any atom is -0.481 e. The summed E-state index contributed by atoms with van der Waals surface area (Å²) < 4.78 is 19.3. The first-order chi connectivity index (χ1) is 12.4. The van der Waals surface area contributed by atoms with E-state index in [0.29, 0.717) is 22.1 Å². The average Bonchev–Trinajstić information content (AvgIpc) is 3.07. The van der Waals surface area contributed by atoms with Crippen LogP contribution in [0.5, 0.6) is 0 Å². The number of amidine groups is 1. The number of aliphatic carboxylic acids is 1. The predicted molar refractivity (Wildman–Crippen MR) is 92.8 cm³/mol. The number of rotatable bonds is 7. The molecule has 10 heteroatoms. The van der Waals surface area contributed by atoms with Gasteiger partial charge in [-0.1, -0.05) is 0 Å². The summed E-state index contributed by atoms with van der Waals surface area (Å²) in [5.41, 5.74) is -0.750. The molecular weight excluding hydrogens is 363 g/mol. The number of ether oxygens (including phenoxy) is 1. The summed E-state index contributed by atoms with van der Waals surface area (Å²) in [5.74, 6) is -1.07. The quantitative estimate of drug-likeness (QED) is 0.673. The number of alkyl halides is 1. The van der Waals surface area contributed by atoms with Crippen LogP contribution in [0.2, 0.25) is 0 Å². The van der Waals surface area contributed by atoms with E-state index in [0.717, 1.165) is 0 Å². The van der Waals surface area contributed by atoms with Crippen molar-refractivity contribution in [2.75, 3.05) is 32.8 Å². The molecule has 1 saturated heterocycles. The second kappa shape index (κ2) is 7.50. The van der Waals surface area contributed by atoms with Gasteiger partial charge in [-0.3, -0.25) is 14.7 Å². The number of carbonyl (C=O) groups excluding carboxylic acids is 1. The Labute approximate surface area is 153 Å². The maximum atomic E-state index is 14.3. The highest BCUT2D eigenvalue weighted by molar-refractivity contribution is 7.11. The van der Waals surface area contributed by atoms with Crippen molar-refractivity contribution in [2.45, 2.75) is 19.0 Å². The first-order valence-electron chi connectivity index (χ1n) is 8.14. The maximum Gasteiger partial charge on any atom is 0.337 e. The molecule has 26 heavy (non-hydrogen) atoms. The highest BCUT2D eigenvalue weighted by atomic mass is 32.1. The Morgan fingerprint density at radius 3 is 2.88 bits per heavy atom. The molecule has 3 rings (SSSR count). The number of thiazole rings is 1. The van der Waals surface area contributed by atoms with Crippen LogP contribution in [-0.2, 0) is 14.3 Å². The van der Waals surface area contributed by atoms with Crippen LogP contribution in [0.1, 0.15) is 18.4 Å². The fourth-order valence-corrected chi connectivity index (χ4v) is 3.59. The van der Waals surface area contributed by atoms with E-state index in [1.807, 2.05) is 5.38 Å². The third-order valence-electron chi connectivity index (χ3n) is 4.05. The van der Waals surface area contributed by atoms with E-state index in [2.05, 4.69) is 15.3 Å². The Bertz CT molecular complexity index is 756. The SMILES string of the molecule is CCOC(=O)C1=C(CN2CC(F)(CC(=O)O)C2)NC(c2nccs2)=NC1. The van der Waals surface area contributed by atoms with Gasteiger partial charge in [0.15, 0.2) is 10.8 Å². The minimum atomic E-state index is -1.72. The lowest BCUT2D eigenvalue weighted by Crippen LogP contribution is -2.60. The van der Waals surface area contributed by atoms with Gasteiger partial charge in [-0.25, -0.2) is 14.2 Å². The van der Waals surface area contributed by atoms with E-state index in [-0.39, 0.29) is 32.8 Å². The number of hydrogen-bond donors (Lipinski definition) is 2. The summed E-state index contributed by atoms with van der Waals surface area (Å²) in [7, 11) is 0. The molecule has 2 aliphatic heterocycles. The zero-order valence-electron chi connectivity index (χ0n) is 14.2. The van der Waals surface area contributed by atoms with Crippen molar-refractivity contribution in [3.8, 4) is 0 Å². The predicted octanol–water partition coefficient (Wildman–Crippen LogP) is 0.809. The van der Waals surface area contributed by atoms with Crippen molar-refractivity contribution in [2.24, 2.45) is 4.99 Å². The molecule has 0 aliphatic carbocycles.